The van der Waals surface area contributed by atoms with Crippen LogP contribution in [-0.4, -0.2) is 17.8 Å². The van der Waals surface area contributed by atoms with Crippen molar-refractivity contribution in [3.8, 4) is 0 Å². The number of furan rings is 1. The molecule has 0 fully saturated rings. The molecule has 0 spiro atoms. The van der Waals surface area contributed by atoms with E-state index in [0.717, 1.165) is 5.56 Å². The van der Waals surface area contributed by atoms with Crippen molar-refractivity contribution in [2.75, 3.05) is 16.0 Å². The molecule has 1 aromatic heterocycles. The van der Waals surface area contributed by atoms with Gasteiger partial charge in [-0.15, -0.1) is 0 Å². The number of benzene rings is 2. The first-order chi connectivity index (χ1) is 14.6. The second-order valence-electron chi connectivity index (χ2n) is 6.85. The number of hydrogen-bond donors (Lipinski definition) is 4. The average Bonchev–Trinajstić information content (AvgIpc) is 3.27. The number of urea groups is 1. The summed E-state index contributed by atoms with van der Waals surface area (Å²) in [5.74, 6) is -0.343. The summed E-state index contributed by atoms with van der Waals surface area (Å²) in [5.41, 5.74) is 2.60. The quantitative estimate of drug-likeness (QED) is 0.520. The van der Waals surface area contributed by atoms with Gasteiger partial charge in [0.15, 0.2) is 0 Å². The number of amides is 4. The second kappa shape index (κ2) is 8.52. The third-order valence-corrected chi connectivity index (χ3v) is 4.73. The Kier molecular flexibility index (Phi) is 5.47. The predicted molar refractivity (Wildman–Crippen MR) is 112 cm³/mol. The fourth-order valence-corrected chi connectivity index (χ4v) is 3.27. The third-order valence-electron chi connectivity index (χ3n) is 4.73. The van der Waals surface area contributed by atoms with Crippen molar-refractivity contribution in [2.24, 2.45) is 0 Å². The summed E-state index contributed by atoms with van der Waals surface area (Å²) in [7, 11) is 0. The van der Waals surface area contributed by atoms with Gasteiger partial charge in [-0.1, -0.05) is 18.2 Å². The first-order valence-electron chi connectivity index (χ1n) is 9.45. The van der Waals surface area contributed by atoms with Crippen LogP contribution in [0.25, 0.3) is 0 Å². The number of hydrogen-bond acceptors (Lipinski definition) is 4. The molecule has 30 heavy (non-hydrogen) atoms. The minimum Gasteiger partial charge on any atom is -0.467 e. The lowest BCUT2D eigenvalue weighted by Gasteiger charge is -2.24. The van der Waals surface area contributed by atoms with Crippen molar-refractivity contribution in [2.45, 2.75) is 18.9 Å². The zero-order valence-corrected chi connectivity index (χ0v) is 16.0. The molecule has 4 rings (SSSR count). The van der Waals surface area contributed by atoms with Gasteiger partial charge >= 0.3 is 6.03 Å². The molecule has 0 saturated carbocycles. The number of para-hydroxylation sites is 1. The van der Waals surface area contributed by atoms with Gasteiger partial charge in [-0.25, -0.2) is 4.79 Å². The number of rotatable bonds is 5. The van der Waals surface area contributed by atoms with E-state index in [2.05, 4.69) is 21.3 Å². The lowest BCUT2D eigenvalue weighted by molar-refractivity contribution is -0.123. The van der Waals surface area contributed by atoms with Crippen molar-refractivity contribution in [3.63, 3.8) is 0 Å². The molecular formula is C22H20N4O4. The summed E-state index contributed by atoms with van der Waals surface area (Å²) in [5, 5.41) is 11.0. The lowest BCUT2D eigenvalue weighted by atomic mass is 9.90. The number of carbonyl (C=O) groups excluding carboxylic acids is 3. The highest BCUT2D eigenvalue weighted by Crippen LogP contribution is 2.32. The highest BCUT2D eigenvalue weighted by Gasteiger charge is 2.30. The maximum absolute atomic E-state index is 12.8. The molecule has 4 amide bonds. The standard InChI is InChI=1S/C22H20N4O4/c27-20-12-18(17-5-1-2-6-19(17)26-20)21(28)24-14-7-9-15(10-8-14)25-22(29)23-13-16-4-3-11-30-16/h1-11,18H,12-13H2,(H,24,28)(H,26,27)(H2,23,25,29). The predicted octanol–water partition coefficient (Wildman–Crippen LogP) is 3.67. The van der Waals surface area contributed by atoms with Gasteiger partial charge in [0, 0.05) is 23.5 Å². The van der Waals surface area contributed by atoms with Crippen molar-refractivity contribution in [1.82, 2.24) is 5.32 Å². The summed E-state index contributed by atoms with van der Waals surface area (Å²) in [6, 6.07) is 17.2. The van der Waals surface area contributed by atoms with Crippen LogP contribution in [0.1, 0.15) is 23.7 Å². The fourth-order valence-electron chi connectivity index (χ4n) is 3.27. The molecule has 4 N–H and O–H groups in total. The van der Waals surface area contributed by atoms with E-state index in [4.69, 9.17) is 4.42 Å². The van der Waals surface area contributed by atoms with Crippen LogP contribution >= 0.6 is 0 Å². The topological polar surface area (TPSA) is 112 Å². The Morgan fingerprint density at radius 1 is 0.967 bits per heavy atom. The average molecular weight is 404 g/mol. The van der Waals surface area contributed by atoms with E-state index in [9.17, 15) is 14.4 Å². The Balaban J connectivity index is 1.35. The Hall–Kier alpha value is -4.07. The van der Waals surface area contributed by atoms with Crippen molar-refractivity contribution in [1.29, 1.82) is 0 Å². The van der Waals surface area contributed by atoms with Gasteiger partial charge in [0.1, 0.15) is 5.76 Å². The van der Waals surface area contributed by atoms with Gasteiger partial charge in [0.2, 0.25) is 11.8 Å². The number of carbonyl (C=O) groups is 3. The van der Waals surface area contributed by atoms with Crippen LogP contribution in [0.3, 0.4) is 0 Å². The van der Waals surface area contributed by atoms with Crippen LogP contribution in [0.5, 0.6) is 0 Å². The Morgan fingerprint density at radius 2 is 1.70 bits per heavy atom. The van der Waals surface area contributed by atoms with E-state index in [0.29, 0.717) is 22.8 Å². The molecule has 0 aliphatic carbocycles. The van der Waals surface area contributed by atoms with Crippen LogP contribution in [-0.2, 0) is 16.1 Å². The van der Waals surface area contributed by atoms with Crippen LogP contribution in [0.4, 0.5) is 21.9 Å². The molecule has 0 radical (unpaired) electrons. The van der Waals surface area contributed by atoms with E-state index < -0.39 is 5.92 Å². The van der Waals surface area contributed by atoms with Crippen molar-refractivity contribution >= 4 is 34.9 Å². The summed E-state index contributed by atoms with van der Waals surface area (Å²) >= 11 is 0. The van der Waals surface area contributed by atoms with Crippen LogP contribution in [0.15, 0.2) is 71.3 Å². The molecular weight excluding hydrogens is 384 g/mol. The van der Waals surface area contributed by atoms with Crippen molar-refractivity contribution < 1.29 is 18.8 Å². The molecule has 1 atom stereocenters. The van der Waals surface area contributed by atoms with E-state index in [1.165, 1.54) is 0 Å². The molecule has 152 valence electrons. The normalized spacial score (nSPS) is 14.9. The SMILES string of the molecule is O=C1CC(C(=O)Nc2ccc(NC(=O)NCc3ccco3)cc2)c2ccccc2N1. The molecule has 8 heteroatoms. The molecule has 3 aromatic rings. The zero-order chi connectivity index (χ0) is 20.9. The highest BCUT2D eigenvalue weighted by molar-refractivity contribution is 6.05. The first-order valence-corrected chi connectivity index (χ1v) is 9.45. The summed E-state index contributed by atoms with van der Waals surface area (Å²) < 4.78 is 5.16. The fraction of sp³-hybridized carbons (Fsp3) is 0.136. The molecule has 1 aliphatic rings. The number of fused-ring (bicyclic) bond motifs is 1. The van der Waals surface area contributed by atoms with Crippen LogP contribution in [0, 0.1) is 0 Å². The molecule has 0 saturated heterocycles. The van der Waals surface area contributed by atoms with Gasteiger partial charge in [0.25, 0.3) is 0 Å². The Morgan fingerprint density at radius 3 is 2.43 bits per heavy atom. The van der Waals surface area contributed by atoms with E-state index in [1.807, 2.05) is 18.2 Å². The van der Waals surface area contributed by atoms with E-state index in [1.54, 1.807) is 48.7 Å². The molecule has 1 unspecified atom stereocenters. The number of nitrogens with one attached hydrogen (secondary N) is 4. The van der Waals surface area contributed by atoms with Gasteiger partial charge in [-0.05, 0) is 48.0 Å². The van der Waals surface area contributed by atoms with Crippen LogP contribution < -0.4 is 21.3 Å². The second-order valence-corrected chi connectivity index (χ2v) is 6.85. The number of anilines is 3. The highest BCUT2D eigenvalue weighted by atomic mass is 16.3. The molecule has 2 heterocycles. The van der Waals surface area contributed by atoms with Gasteiger partial charge in [-0.3, -0.25) is 9.59 Å². The Labute approximate surface area is 172 Å². The van der Waals surface area contributed by atoms with Gasteiger partial charge in [0.05, 0.1) is 18.7 Å². The largest absolute Gasteiger partial charge is 0.467 e. The molecule has 2 aromatic carbocycles. The molecule has 1 aliphatic heterocycles. The van der Waals surface area contributed by atoms with Crippen molar-refractivity contribution in [3.05, 3.63) is 78.3 Å². The maximum Gasteiger partial charge on any atom is 0.319 e. The summed E-state index contributed by atoms with van der Waals surface area (Å²) in [4.78, 5) is 36.6. The minimum absolute atomic E-state index is 0.0956. The first kappa shape index (κ1) is 19.3. The van der Waals surface area contributed by atoms with Gasteiger partial charge in [-0.2, -0.15) is 0 Å². The smallest absolute Gasteiger partial charge is 0.319 e. The van der Waals surface area contributed by atoms with Gasteiger partial charge < -0.3 is 25.7 Å². The lowest BCUT2D eigenvalue weighted by Crippen LogP contribution is -2.30. The molecule has 8 nitrogen and oxygen atoms in total. The monoisotopic (exact) mass is 404 g/mol. The molecule has 0 bridgehead atoms. The van der Waals surface area contributed by atoms with E-state index >= 15 is 0 Å². The summed E-state index contributed by atoms with van der Waals surface area (Å²) in [6.07, 6.45) is 1.64. The van der Waals surface area contributed by atoms with E-state index in [-0.39, 0.29) is 30.8 Å². The van der Waals surface area contributed by atoms with Crippen LogP contribution in [0.2, 0.25) is 0 Å². The minimum atomic E-state index is -0.555. The third kappa shape index (κ3) is 4.49. The summed E-state index contributed by atoms with van der Waals surface area (Å²) in [6.45, 7) is 0.281. The zero-order valence-electron chi connectivity index (χ0n) is 16.0. The maximum atomic E-state index is 12.8. The Bertz CT molecular complexity index is 1060.